The lowest BCUT2D eigenvalue weighted by molar-refractivity contribution is 0.0686. The first-order valence-corrected chi connectivity index (χ1v) is 9.15. The molecule has 0 radical (unpaired) electrons. The highest BCUT2D eigenvalue weighted by Crippen LogP contribution is 2.25. The van der Waals surface area contributed by atoms with E-state index in [0.29, 0.717) is 24.2 Å². The quantitative estimate of drug-likeness (QED) is 0.541. The van der Waals surface area contributed by atoms with Crippen LogP contribution >= 0.6 is 0 Å². The summed E-state index contributed by atoms with van der Waals surface area (Å²) in [6.07, 6.45) is 1.21. The first-order chi connectivity index (χ1) is 13.7. The van der Waals surface area contributed by atoms with E-state index in [1.165, 1.54) is 24.3 Å². The molecule has 8 heteroatoms. The summed E-state index contributed by atoms with van der Waals surface area (Å²) in [5.41, 5.74) is 2.28. The fraction of sp³-hybridized carbons (Fsp3) is 0.286. The number of benzene rings is 2. The fourth-order valence-corrected chi connectivity index (χ4v) is 2.87. The number of carboxylic acids is 2. The molecule has 0 saturated heterocycles. The van der Waals surface area contributed by atoms with Gasteiger partial charge in [0.1, 0.15) is 0 Å². The molecule has 1 atom stereocenters. The predicted molar refractivity (Wildman–Crippen MR) is 111 cm³/mol. The van der Waals surface area contributed by atoms with Crippen molar-refractivity contribution in [3.63, 3.8) is 0 Å². The smallest absolute Gasteiger partial charge is 0.335 e. The van der Waals surface area contributed by atoms with Crippen LogP contribution in [0, 0.1) is 0 Å². The number of rotatable bonds is 8. The molecule has 0 aromatic heterocycles. The van der Waals surface area contributed by atoms with Gasteiger partial charge in [0.05, 0.1) is 22.5 Å². The van der Waals surface area contributed by atoms with E-state index in [1.807, 2.05) is 6.92 Å². The monoisotopic (exact) mass is 399 g/mol. The number of carbonyl (C=O) groups is 3. The number of anilines is 2. The van der Waals surface area contributed by atoms with Crippen LogP contribution in [-0.2, 0) is 6.42 Å². The molecule has 2 rings (SSSR count). The van der Waals surface area contributed by atoms with Crippen molar-refractivity contribution in [2.45, 2.75) is 25.8 Å². The molecule has 2 amide bonds. The summed E-state index contributed by atoms with van der Waals surface area (Å²) in [6, 6.07) is 10.5. The number of urea groups is 1. The Hall–Kier alpha value is -3.55. The molecule has 8 nitrogen and oxygen atoms in total. The highest BCUT2D eigenvalue weighted by molar-refractivity contribution is 5.97. The van der Waals surface area contributed by atoms with E-state index in [4.69, 9.17) is 5.11 Å². The summed E-state index contributed by atoms with van der Waals surface area (Å²) in [4.78, 5) is 36.5. The second-order valence-electron chi connectivity index (χ2n) is 6.84. The number of nitrogens with zero attached hydrogens (tertiary/aromatic N) is 1. The molecule has 0 aliphatic heterocycles. The molecule has 2 aromatic carbocycles. The van der Waals surface area contributed by atoms with Gasteiger partial charge in [0.15, 0.2) is 0 Å². The Morgan fingerprint density at radius 3 is 2.07 bits per heavy atom. The molecule has 0 aliphatic carbocycles. The van der Waals surface area contributed by atoms with Crippen LogP contribution in [0.5, 0.6) is 0 Å². The highest BCUT2D eigenvalue weighted by atomic mass is 16.4. The third kappa shape index (κ3) is 5.97. The standard InChI is InChI=1S/C21H25N3O5/c1-4-16(11-13-5-7-14(8-6-13)19(25)26)22-21(29)23-17-12-15(20(27)28)9-10-18(17)24(2)3/h5-10,12,16H,4,11H2,1-3H3,(H,25,26)(H,27,28)(H2,22,23,29). The minimum atomic E-state index is -1.07. The molecule has 0 heterocycles. The number of carboxylic acid groups (broad SMARTS) is 2. The summed E-state index contributed by atoms with van der Waals surface area (Å²) in [7, 11) is 3.60. The molecule has 0 fully saturated rings. The maximum Gasteiger partial charge on any atom is 0.335 e. The summed E-state index contributed by atoms with van der Waals surface area (Å²) >= 11 is 0. The first kappa shape index (κ1) is 21.7. The van der Waals surface area contributed by atoms with Gasteiger partial charge < -0.3 is 25.7 Å². The van der Waals surface area contributed by atoms with Crippen molar-refractivity contribution >= 4 is 29.3 Å². The normalized spacial score (nSPS) is 11.4. The Morgan fingerprint density at radius 1 is 0.966 bits per heavy atom. The second kappa shape index (κ2) is 9.59. The topological polar surface area (TPSA) is 119 Å². The Kier molecular flexibility index (Phi) is 7.19. The van der Waals surface area contributed by atoms with Crippen LogP contribution < -0.4 is 15.5 Å². The summed E-state index contributed by atoms with van der Waals surface area (Å²) in [5, 5.41) is 23.8. The summed E-state index contributed by atoms with van der Waals surface area (Å²) in [5.74, 6) is -2.06. The Balaban J connectivity index is 2.09. The maximum absolute atomic E-state index is 12.5. The fourth-order valence-electron chi connectivity index (χ4n) is 2.87. The highest BCUT2D eigenvalue weighted by Gasteiger charge is 2.15. The third-order valence-electron chi connectivity index (χ3n) is 4.48. The zero-order chi connectivity index (χ0) is 21.6. The van der Waals surface area contributed by atoms with E-state index in [0.717, 1.165) is 5.56 Å². The minimum absolute atomic E-state index is 0.0801. The van der Waals surface area contributed by atoms with E-state index in [9.17, 15) is 19.5 Å². The summed E-state index contributed by atoms with van der Waals surface area (Å²) in [6.45, 7) is 1.94. The van der Waals surface area contributed by atoms with Crippen LogP contribution in [0.25, 0.3) is 0 Å². The molecule has 0 bridgehead atoms. The van der Waals surface area contributed by atoms with Crippen molar-refractivity contribution in [2.24, 2.45) is 0 Å². The van der Waals surface area contributed by atoms with Gasteiger partial charge >= 0.3 is 18.0 Å². The molecule has 154 valence electrons. The second-order valence-corrected chi connectivity index (χ2v) is 6.84. The maximum atomic E-state index is 12.5. The number of carbonyl (C=O) groups excluding carboxylic acids is 1. The molecule has 0 spiro atoms. The average molecular weight is 399 g/mol. The van der Waals surface area contributed by atoms with Crippen molar-refractivity contribution in [3.8, 4) is 0 Å². The zero-order valence-corrected chi connectivity index (χ0v) is 16.6. The minimum Gasteiger partial charge on any atom is -0.478 e. The van der Waals surface area contributed by atoms with Gasteiger partial charge in [0.25, 0.3) is 0 Å². The molecule has 4 N–H and O–H groups in total. The molecule has 29 heavy (non-hydrogen) atoms. The number of amides is 2. The molecule has 1 unspecified atom stereocenters. The zero-order valence-electron chi connectivity index (χ0n) is 16.6. The van der Waals surface area contributed by atoms with Gasteiger partial charge in [-0.25, -0.2) is 14.4 Å². The number of aromatic carboxylic acids is 2. The molecule has 0 aliphatic rings. The Labute approximate surface area is 169 Å². The average Bonchev–Trinajstić information content (AvgIpc) is 2.67. The van der Waals surface area contributed by atoms with Crippen LogP contribution in [-0.4, -0.2) is 48.3 Å². The van der Waals surface area contributed by atoms with E-state index >= 15 is 0 Å². The molecule has 0 saturated carbocycles. The van der Waals surface area contributed by atoms with Gasteiger partial charge in [-0.15, -0.1) is 0 Å². The summed E-state index contributed by atoms with van der Waals surface area (Å²) < 4.78 is 0. The van der Waals surface area contributed by atoms with E-state index in [2.05, 4.69) is 10.6 Å². The van der Waals surface area contributed by atoms with Gasteiger partial charge in [-0.1, -0.05) is 19.1 Å². The predicted octanol–water partition coefficient (Wildman–Crippen LogP) is 3.29. The van der Waals surface area contributed by atoms with Crippen molar-refractivity contribution in [3.05, 3.63) is 59.2 Å². The SMILES string of the molecule is CCC(Cc1ccc(C(=O)O)cc1)NC(=O)Nc1cc(C(=O)O)ccc1N(C)C. The number of hydrogen-bond donors (Lipinski definition) is 4. The Morgan fingerprint density at radius 2 is 1.55 bits per heavy atom. The van der Waals surface area contributed by atoms with Gasteiger partial charge in [0.2, 0.25) is 0 Å². The lowest BCUT2D eigenvalue weighted by Gasteiger charge is -2.21. The number of hydrogen-bond acceptors (Lipinski definition) is 4. The van der Waals surface area contributed by atoms with Crippen LogP contribution in [0.2, 0.25) is 0 Å². The van der Waals surface area contributed by atoms with Crippen LogP contribution in [0.4, 0.5) is 16.2 Å². The van der Waals surface area contributed by atoms with Crippen molar-refractivity contribution in [2.75, 3.05) is 24.3 Å². The van der Waals surface area contributed by atoms with Crippen molar-refractivity contribution in [1.82, 2.24) is 5.32 Å². The first-order valence-electron chi connectivity index (χ1n) is 9.15. The lowest BCUT2D eigenvalue weighted by atomic mass is 10.0. The van der Waals surface area contributed by atoms with Gasteiger partial charge in [-0.2, -0.15) is 0 Å². The van der Waals surface area contributed by atoms with E-state index in [1.54, 1.807) is 37.2 Å². The van der Waals surface area contributed by atoms with Gasteiger partial charge in [-0.3, -0.25) is 0 Å². The van der Waals surface area contributed by atoms with E-state index < -0.39 is 18.0 Å². The molecule has 2 aromatic rings. The molecular formula is C21H25N3O5. The molecular weight excluding hydrogens is 374 g/mol. The van der Waals surface area contributed by atoms with E-state index in [-0.39, 0.29) is 17.2 Å². The van der Waals surface area contributed by atoms with Crippen LogP contribution in [0.3, 0.4) is 0 Å². The van der Waals surface area contributed by atoms with Gasteiger partial charge in [0, 0.05) is 20.1 Å². The van der Waals surface area contributed by atoms with Crippen molar-refractivity contribution in [1.29, 1.82) is 0 Å². The lowest BCUT2D eigenvalue weighted by Crippen LogP contribution is -2.39. The third-order valence-corrected chi connectivity index (χ3v) is 4.48. The van der Waals surface area contributed by atoms with Crippen LogP contribution in [0.15, 0.2) is 42.5 Å². The number of nitrogens with one attached hydrogen (secondary N) is 2. The van der Waals surface area contributed by atoms with Gasteiger partial charge in [-0.05, 0) is 48.7 Å². The van der Waals surface area contributed by atoms with Crippen LogP contribution in [0.1, 0.15) is 39.6 Å². The largest absolute Gasteiger partial charge is 0.478 e. The Bertz CT molecular complexity index is 894. The van der Waals surface area contributed by atoms with Crippen molar-refractivity contribution < 1.29 is 24.6 Å².